The molecule has 0 aromatic heterocycles. The molecule has 0 spiro atoms. The van der Waals surface area contributed by atoms with Crippen LogP contribution in [0.3, 0.4) is 0 Å². The van der Waals surface area contributed by atoms with Crippen molar-refractivity contribution in [3.63, 3.8) is 0 Å². The van der Waals surface area contributed by atoms with Crippen molar-refractivity contribution in [2.75, 3.05) is 0 Å². The molecule has 1 nitrogen and oxygen atoms in total. The van der Waals surface area contributed by atoms with E-state index in [0.29, 0.717) is 0 Å². The zero-order chi connectivity index (χ0) is 7.23. The van der Waals surface area contributed by atoms with Crippen molar-refractivity contribution in [3.8, 4) is 0 Å². The molecular formula is C9H8AgO. The van der Waals surface area contributed by atoms with E-state index >= 15 is 0 Å². The predicted octanol–water partition coefficient (Wildman–Crippen LogP) is 1.90. The Morgan fingerprint density at radius 2 is 1.73 bits per heavy atom. The Balaban J connectivity index is 0.000001000. The first-order chi connectivity index (χ1) is 4.93. The fourth-order valence-electron chi connectivity index (χ4n) is 0.715. The standard InChI is InChI=1S/C9H8O.Ag/c10-8-4-7-9-5-2-1-3-6-9;/h1-8H;. The van der Waals surface area contributed by atoms with Crippen LogP contribution in [-0.4, -0.2) is 6.29 Å². The van der Waals surface area contributed by atoms with Gasteiger partial charge in [0.05, 0.1) is 0 Å². The summed E-state index contributed by atoms with van der Waals surface area (Å²) in [5.41, 5.74) is 1.05. The normalized spacial score (nSPS) is 9.09. The molecule has 0 heterocycles. The Morgan fingerprint density at radius 3 is 2.27 bits per heavy atom. The Morgan fingerprint density at radius 1 is 1.09 bits per heavy atom. The van der Waals surface area contributed by atoms with Gasteiger partial charge in [-0.1, -0.05) is 36.4 Å². The van der Waals surface area contributed by atoms with Crippen LogP contribution in [0.1, 0.15) is 5.56 Å². The molecule has 0 saturated carbocycles. The zero-order valence-corrected chi connectivity index (χ0v) is 7.31. The maximum Gasteiger partial charge on any atom is 0.142 e. The second-order valence-corrected chi connectivity index (χ2v) is 1.91. The van der Waals surface area contributed by atoms with Crippen molar-refractivity contribution in [2.45, 2.75) is 0 Å². The van der Waals surface area contributed by atoms with Gasteiger partial charge in [-0.15, -0.1) is 0 Å². The van der Waals surface area contributed by atoms with E-state index in [9.17, 15) is 4.79 Å². The van der Waals surface area contributed by atoms with Crippen LogP contribution in [0.25, 0.3) is 6.08 Å². The van der Waals surface area contributed by atoms with Gasteiger partial charge in [-0.2, -0.15) is 0 Å². The van der Waals surface area contributed by atoms with Crippen LogP contribution < -0.4 is 0 Å². The van der Waals surface area contributed by atoms with Gasteiger partial charge in [0.25, 0.3) is 0 Å². The van der Waals surface area contributed by atoms with Crippen LogP contribution in [0, 0.1) is 0 Å². The molecule has 0 atom stereocenters. The van der Waals surface area contributed by atoms with Gasteiger partial charge in [-0.3, -0.25) is 4.79 Å². The molecule has 0 amide bonds. The van der Waals surface area contributed by atoms with Gasteiger partial charge in [0.1, 0.15) is 6.29 Å². The van der Waals surface area contributed by atoms with E-state index in [1.165, 1.54) is 6.08 Å². The largest absolute Gasteiger partial charge is 0.299 e. The number of hydrogen-bond donors (Lipinski definition) is 0. The number of allylic oxidation sites excluding steroid dienone is 1. The third-order valence-corrected chi connectivity index (χ3v) is 1.17. The average Bonchev–Trinajstić information content (AvgIpc) is 2.03. The van der Waals surface area contributed by atoms with Gasteiger partial charge in [0, 0.05) is 22.4 Å². The smallest absolute Gasteiger partial charge is 0.142 e. The zero-order valence-electron chi connectivity index (χ0n) is 5.83. The summed E-state index contributed by atoms with van der Waals surface area (Å²) in [6, 6.07) is 9.70. The van der Waals surface area contributed by atoms with E-state index in [-0.39, 0.29) is 22.4 Å². The molecule has 0 aliphatic rings. The first-order valence-corrected chi connectivity index (χ1v) is 3.10. The fraction of sp³-hybridized carbons (Fsp3) is 0. The number of benzene rings is 1. The molecule has 1 radical (unpaired) electrons. The van der Waals surface area contributed by atoms with Crippen LogP contribution in [0.5, 0.6) is 0 Å². The van der Waals surface area contributed by atoms with Crippen LogP contribution in [-0.2, 0) is 27.2 Å². The Hall–Kier alpha value is -0.630. The topological polar surface area (TPSA) is 17.1 Å². The minimum atomic E-state index is 0. The molecule has 2 heteroatoms. The third kappa shape index (κ3) is 3.94. The van der Waals surface area contributed by atoms with E-state index in [0.717, 1.165) is 11.8 Å². The summed E-state index contributed by atoms with van der Waals surface area (Å²) in [4.78, 5) is 9.89. The molecule has 1 rings (SSSR count). The number of carbonyl (C=O) groups is 1. The Labute approximate surface area is 81.6 Å². The SMILES string of the molecule is O=CC=Cc1ccccc1.[Ag]. The summed E-state index contributed by atoms with van der Waals surface area (Å²) >= 11 is 0. The van der Waals surface area contributed by atoms with E-state index in [1.807, 2.05) is 30.3 Å². The maximum absolute atomic E-state index is 9.89. The van der Waals surface area contributed by atoms with Crippen molar-refractivity contribution < 1.29 is 27.2 Å². The second kappa shape index (κ2) is 6.10. The molecule has 1 aromatic rings. The van der Waals surface area contributed by atoms with Crippen LogP contribution in [0.2, 0.25) is 0 Å². The molecule has 1 aromatic carbocycles. The minimum absolute atomic E-state index is 0. The molecule has 0 N–H and O–H groups in total. The van der Waals surface area contributed by atoms with Crippen molar-refractivity contribution in [3.05, 3.63) is 42.0 Å². The Bertz CT molecular complexity index is 229. The first kappa shape index (κ1) is 10.4. The van der Waals surface area contributed by atoms with E-state index < -0.39 is 0 Å². The molecule has 0 saturated heterocycles. The average molecular weight is 240 g/mol. The van der Waals surface area contributed by atoms with Crippen molar-refractivity contribution in [1.82, 2.24) is 0 Å². The van der Waals surface area contributed by atoms with Crippen molar-refractivity contribution in [1.29, 1.82) is 0 Å². The summed E-state index contributed by atoms with van der Waals surface area (Å²) < 4.78 is 0. The van der Waals surface area contributed by atoms with Crippen LogP contribution in [0.4, 0.5) is 0 Å². The van der Waals surface area contributed by atoms with Crippen LogP contribution in [0.15, 0.2) is 36.4 Å². The molecule has 0 aliphatic carbocycles. The van der Waals surface area contributed by atoms with E-state index in [4.69, 9.17) is 0 Å². The van der Waals surface area contributed by atoms with E-state index in [1.54, 1.807) is 6.08 Å². The second-order valence-electron chi connectivity index (χ2n) is 1.91. The molecular weight excluding hydrogens is 232 g/mol. The number of hydrogen-bond acceptors (Lipinski definition) is 1. The minimum Gasteiger partial charge on any atom is -0.299 e. The number of aldehydes is 1. The molecule has 61 valence electrons. The van der Waals surface area contributed by atoms with Crippen LogP contribution >= 0.6 is 0 Å². The van der Waals surface area contributed by atoms with Gasteiger partial charge in [0.15, 0.2) is 0 Å². The monoisotopic (exact) mass is 239 g/mol. The van der Waals surface area contributed by atoms with Gasteiger partial charge in [-0.25, -0.2) is 0 Å². The van der Waals surface area contributed by atoms with E-state index in [2.05, 4.69) is 0 Å². The molecule has 0 unspecified atom stereocenters. The predicted molar refractivity (Wildman–Crippen MR) is 41.5 cm³/mol. The van der Waals surface area contributed by atoms with Gasteiger partial charge >= 0.3 is 0 Å². The molecule has 0 bridgehead atoms. The first-order valence-electron chi connectivity index (χ1n) is 3.10. The van der Waals surface area contributed by atoms with Gasteiger partial charge in [-0.05, 0) is 11.6 Å². The number of rotatable bonds is 2. The molecule has 11 heavy (non-hydrogen) atoms. The quantitative estimate of drug-likeness (QED) is 0.438. The number of carbonyl (C=O) groups excluding carboxylic acids is 1. The maximum atomic E-state index is 9.89. The third-order valence-electron chi connectivity index (χ3n) is 1.17. The van der Waals surface area contributed by atoms with Gasteiger partial charge < -0.3 is 0 Å². The molecule has 0 fully saturated rings. The Kier molecular flexibility index (Phi) is 5.76. The summed E-state index contributed by atoms with van der Waals surface area (Å²) in [6.45, 7) is 0. The summed E-state index contributed by atoms with van der Waals surface area (Å²) in [6.07, 6.45) is 4.02. The van der Waals surface area contributed by atoms with Gasteiger partial charge in [0.2, 0.25) is 0 Å². The summed E-state index contributed by atoms with van der Waals surface area (Å²) in [7, 11) is 0. The van der Waals surface area contributed by atoms with Crippen molar-refractivity contribution >= 4 is 12.4 Å². The fourth-order valence-corrected chi connectivity index (χ4v) is 0.715. The van der Waals surface area contributed by atoms with Crippen molar-refractivity contribution in [2.24, 2.45) is 0 Å². The molecule has 0 aliphatic heterocycles. The summed E-state index contributed by atoms with van der Waals surface area (Å²) in [5.74, 6) is 0. The summed E-state index contributed by atoms with van der Waals surface area (Å²) in [5, 5.41) is 0.